The molecular formula is C14H19FN4OS. The van der Waals surface area contributed by atoms with Gasteiger partial charge < -0.3 is 14.6 Å². The Balaban J connectivity index is 2.00. The Bertz CT molecular complexity index is 603. The molecule has 1 heterocycles. The molecule has 0 fully saturated rings. The summed E-state index contributed by atoms with van der Waals surface area (Å²) in [6.07, 6.45) is 0. The van der Waals surface area contributed by atoms with E-state index in [9.17, 15) is 4.39 Å². The van der Waals surface area contributed by atoms with Crippen molar-refractivity contribution in [3.05, 3.63) is 35.4 Å². The van der Waals surface area contributed by atoms with Gasteiger partial charge in [-0.1, -0.05) is 6.07 Å². The van der Waals surface area contributed by atoms with Gasteiger partial charge in [0.05, 0.1) is 11.5 Å². The third-order valence-corrected chi connectivity index (χ3v) is 4.15. The van der Waals surface area contributed by atoms with Gasteiger partial charge in [-0.15, -0.1) is 10.2 Å². The van der Waals surface area contributed by atoms with Crippen molar-refractivity contribution in [2.24, 2.45) is 7.05 Å². The van der Waals surface area contributed by atoms with Crippen LogP contribution in [0.15, 0.2) is 28.3 Å². The molecule has 0 radical (unpaired) electrons. The molecule has 1 aromatic carbocycles. The number of hydrogen-bond donors (Lipinski definition) is 1. The molecule has 2 aromatic rings. The molecule has 0 bridgehead atoms. The number of halogens is 1. The summed E-state index contributed by atoms with van der Waals surface area (Å²) in [6, 6.07) is 5.23. The summed E-state index contributed by atoms with van der Waals surface area (Å²) in [6.45, 7) is 3.87. The van der Waals surface area contributed by atoms with Gasteiger partial charge in [-0.05, 0) is 36.4 Å². The highest BCUT2D eigenvalue weighted by Gasteiger charge is 2.11. The third-order valence-electron chi connectivity index (χ3n) is 3.06. The molecule has 0 amide bonds. The van der Waals surface area contributed by atoms with Crippen LogP contribution in [0.1, 0.15) is 11.4 Å². The summed E-state index contributed by atoms with van der Waals surface area (Å²) in [7, 11) is 3.52. The normalized spacial score (nSPS) is 11.0. The van der Waals surface area contributed by atoms with Crippen LogP contribution < -0.4 is 5.32 Å². The molecule has 21 heavy (non-hydrogen) atoms. The second kappa shape index (κ2) is 7.53. The molecule has 0 unspecified atom stereocenters. The van der Waals surface area contributed by atoms with E-state index in [4.69, 9.17) is 4.74 Å². The molecule has 114 valence electrons. The van der Waals surface area contributed by atoms with E-state index in [1.165, 1.54) is 11.8 Å². The summed E-state index contributed by atoms with van der Waals surface area (Å²) in [4.78, 5) is 0.547. The van der Waals surface area contributed by atoms with E-state index in [0.29, 0.717) is 23.2 Å². The van der Waals surface area contributed by atoms with Gasteiger partial charge in [-0.25, -0.2) is 4.39 Å². The van der Waals surface area contributed by atoms with E-state index in [2.05, 4.69) is 15.5 Å². The first-order valence-corrected chi connectivity index (χ1v) is 7.45. The van der Waals surface area contributed by atoms with Gasteiger partial charge in [0, 0.05) is 27.2 Å². The van der Waals surface area contributed by atoms with Gasteiger partial charge in [0.1, 0.15) is 11.6 Å². The van der Waals surface area contributed by atoms with Crippen LogP contribution in [0.25, 0.3) is 0 Å². The maximum absolute atomic E-state index is 14.1. The number of methoxy groups -OCH3 is 1. The van der Waals surface area contributed by atoms with E-state index in [0.717, 1.165) is 17.9 Å². The molecule has 0 saturated heterocycles. The summed E-state index contributed by atoms with van der Waals surface area (Å²) in [5, 5.41) is 11.9. The van der Waals surface area contributed by atoms with Crippen molar-refractivity contribution < 1.29 is 9.13 Å². The highest BCUT2D eigenvalue weighted by molar-refractivity contribution is 7.99. The van der Waals surface area contributed by atoms with Gasteiger partial charge in [0.2, 0.25) is 0 Å². The first kappa shape index (κ1) is 15.9. The Morgan fingerprint density at radius 3 is 2.81 bits per heavy atom. The van der Waals surface area contributed by atoms with Crippen LogP contribution in [-0.4, -0.2) is 35.0 Å². The Hall–Kier alpha value is -1.44. The minimum atomic E-state index is -0.244. The summed E-state index contributed by atoms with van der Waals surface area (Å²) >= 11 is 1.28. The van der Waals surface area contributed by atoms with Gasteiger partial charge in [0.15, 0.2) is 5.16 Å². The maximum atomic E-state index is 14.1. The number of benzene rings is 1. The molecule has 5 nitrogen and oxygen atoms in total. The summed E-state index contributed by atoms with van der Waals surface area (Å²) in [5.41, 5.74) is 0.905. The number of aryl methyl sites for hydroxylation is 1. The molecular weight excluding hydrogens is 291 g/mol. The van der Waals surface area contributed by atoms with Crippen molar-refractivity contribution in [1.29, 1.82) is 0 Å². The molecule has 0 aliphatic rings. The Labute approximate surface area is 127 Å². The number of nitrogens with zero attached hydrogens (tertiary/aromatic N) is 3. The van der Waals surface area contributed by atoms with Crippen LogP contribution in [0.3, 0.4) is 0 Å². The van der Waals surface area contributed by atoms with Crippen LogP contribution in [0.5, 0.6) is 0 Å². The molecule has 0 aliphatic heterocycles. The number of rotatable bonds is 7. The highest BCUT2D eigenvalue weighted by atomic mass is 32.2. The predicted molar refractivity (Wildman–Crippen MR) is 79.8 cm³/mol. The quantitative estimate of drug-likeness (QED) is 0.794. The molecule has 7 heteroatoms. The zero-order valence-electron chi connectivity index (χ0n) is 12.4. The number of nitrogens with one attached hydrogen (secondary N) is 1. The van der Waals surface area contributed by atoms with Gasteiger partial charge >= 0.3 is 0 Å². The fraction of sp³-hybridized carbons (Fsp3) is 0.429. The Morgan fingerprint density at radius 1 is 1.38 bits per heavy atom. The molecule has 1 N–H and O–H groups in total. The smallest absolute Gasteiger partial charge is 0.195 e. The van der Waals surface area contributed by atoms with E-state index in [1.807, 2.05) is 24.6 Å². The van der Waals surface area contributed by atoms with Crippen molar-refractivity contribution in [2.75, 3.05) is 20.3 Å². The lowest BCUT2D eigenvalue weighted by Crippen LogP contribution is -2.18. The molecule has 0 spiro atoms. The minimum Gasteiger partial charge on any atom is -0.383 e. The van der Waals surface area contributed by atoms with Crippen molar-refractivity contribution in [3.8, 4) is 0 Å². The lowest BCUT2D eigenvalue weighted by Gasteiger charge is -2.07. The van der Waals surface area contributed by atoms with Crippen LogP contribution in [0, 0.1) is 12.7 Å². The highest BCUT2D eigenvalue weighted by Crippen LogP contribution is 2.28. The SMILES string of the molecule is COCCNCc1ccc(Sc2nnc(C)n2C)c(F)c1. The average Bonchev–Trinajstić information content (AvgIpc) is 2.78. The predicted octanol–water partition coefficient (Wildman–Crippen LogP) is 2.15. The van der Waals surface area contributed by atoms with Gasteiger partial charge in [-0.2, -0.15) is 0 Å². The second-order valence-corrected chi connectivity index (χ2v) is 5.63. The number of aromatic nitrogens is 3. The lowest BCUT2D eigenvalue weighted by atomic mass is 10.2. The van der Waals surface area contributed by atoms with Gasteiger partial charge in [-0.3, -0.25) is 0 Å². The van der Waals surface area contributed by atoms with E-state index < -0.39 is 0 Å². The third kappa shape index (κ3) is 4.26. The van der Waals surface area contributed by atoms with E-state index in [1.54, 1.807) is 19.2 Å². The largest absolute Gasteiger partial charge is 0.383 e. The molecule has 0 aliphatic carbocycles. The monoisotopic (exact) mass is 310 g/mol. The fourth-order valence-corrected chi connectivity index (χ4v) is 2.56. The first-order chi connectivity index (χ1) is 10.1. The van der Waals surface area contributed by atoms with Crippen molar-refractivity contribution >= 4 is 11.8 Å². The average molecular weight is 310 g/mol. The van der Waals surface area contributed by atoms with Crippen LogP contribution in [0.4, 0.5) is 4.39 Å². The maximum Gasteiger partial charge on any atom is 0.195 e. The van der Waals surface area contributed by atoms with E-state index in [-0.39, 0.29) is 5.82 Å². The molecule has 0 saturated carbocycles. The van der Waals surface area contributed by atoms with Crippen LogP contribution in [0.2, 0.25) is 0 Å². The fourth-order valence-electron chi connectivity index (χ4n) is 1.72. The minimum absolute atomic E-state index is 0.244. The first-order valence-electron chi connectivity index (χ1n) is 6.63. The lowest BCUT2D eigenvalue weighted by molar-refractivity contribution is 0.199. The second-order valence-electron chi connectivity index (χ2n) is 4.63. The summed E-state index contributed by atoms with van der Waals surface area (Å²) < 4.78 is 20.9. The Kier molecular flexibility index (Phi) is 5.72. The molecule has 0 atom stereocenters. The van der Waals surface area contributed by atoms with Crippen LogP contribution >= 0.6 is 11.8 Å². The standard InChI is InChI=1S/C14H19FN4OS/c1-10-17-18-14(19(10)2)21-13-5-4-11(8-12(13)15)9-16-6-7-20-3/h4-5,8,16H,6-7,9H2,1-3H3. The van der Waals surface area contributed by atoms with Crippen molar-refractivity contribution in [2.45, 2.75) is 23.5 Å². The number of ether oxygens (including phenoxy) is 1. The van der Waals surface area contributed by atoms with E-state index >= 15 is 0 Å². The molecule has 2 rings (SSSR count). The number of hydrogen-bond acceptors (Lipinski definition) is 5. The Morgan fingerprint density at radius 2 is 2.19 bits per heavy atom. The summed E-state index contributed by atoms with van der Waals surface area (Å²) in [5.74, 6) is 0.559. The topological polar surface area (TPSA) is 52.0 Å². The zero-order valence-corrected chi connectivity index (χ0v) is 13.2. The van der Waals surface area contributed by atoms with Crippen molar-refractivity contribution in [3.63, 3.8) is 0 Å². The molecule has 1 aromatic heterocycles. The van der Waals surface area contributed by atoms with Gasteiger partial charge in [0.25, 0.3) is 0 Å². The van der Waals surface area contributed by atoms with Crippen molar-refractivity contribution in [1.82, 2.24) is 20.1 Å². The zero-order chi connectivity index (χ0) is 15.2. The van der Waals surface area contributed by atoms with Crippen LogP contribution in [-0.2, 0) is 18.3 Å².